The van der Waals surface area contributed by atoms with Crippen molar-refractivity contribution in [3.63, 3.8) is 0 Å². The Bertz CT molecular complexity index is 1260. The molecule has 0 saturated carbocycles. The number of furan rings is 1. The molecule has 8 heteroatoms. The average Bonchev–Trinajstić information content (AvgIpc) is 3.51. The van der Waals surface area contributed by atoms with Crippen LogP contribution < -0.4 is 5.32 Å². The topological polar surface area (TPSA) is 109 Å². The predicted octanol–water partition coefficient (Wildman–Crippen LogP) is 4.82. The van der Waals surface area contributed by atoms with E-state index in [4.69, 9.17) is 9.15 Å². The third-order valence-corrected chi connectivity index (χ3v) is 6.97. The molecule has 1 aromatic heterocycles. The smallest absolute Gasteiger partial charge is 0.411 e. The summed E-state index contributed by atoms with van der Waals surface area (Å²) in [5, 5.41) is 12.1. The van der Waals surface area contributed by atoms with E-state index in [9.17, 15) is 19.5 Å². The molecule has 1 fully saturated rings. The lowest BCUT2D eigenvalue weighted by molar-refractivity contribution is -0.143. The molecule has 180 valence electrons. The minimum Gasteiger partial charge on any atom is -0.481 e. The van der Waals surface area contributed by atoms with Gasteiger partial charge in [-0.15, -0.1) is 0 Å². The van der Waals surface area contributed by atoms with Crippen LogP contribution in [0.4, 0.5) is 10.5 Å². The van der Waals surface area contributed by atoms with Crippen molar-refractivity contribution in [2.75, 3.05) is 25.0 Å². The summed E-state index contributed by atoms with van der Waals surface area (Å²) in [5.41, 5.74) is 4.08. The van der Waals surface area contributed by atoms with Crippen molar-refractivity contribution in [3.05, 3.63) is 77.7 Å². The number of carboxylic acids is 1. The fourth-order valence-corrected chi connectivity index (χ4v) is 5.16. The number of amides is 2. The molecular formula is C27H26N2O6. The summed E-state index contributed by atoms with van der Waals surface area (Å²) in [4.78, 5) is 38.7. The summed E-state index contributed by atoms with van der Waals surface area (Å²) >= 11 is 0. The molecule has 0 spiro atoms. The Morgan fingerprint density at radius 3 is 2.29 bits per heavy atom. The molecule has 1 aliphatic heterocycles. The van der Waals surface area contributed by atoms with Crippen molar-refractivity contribution in [1.82, 2.24) is 4.90 Å². The van der Waals surface area contributed by atoms with Gasteiger partial charge in [0.15, 0.2) is 0 Å². The molecule has 1 atom stereocenters. The van der Waals surface area contributed by atoms with Gasteiger partial charge in [0.05, 0.1) is 17.9 Å². The van der Waals surface area contributed by atoms with Gasteiger partial charge in [-0.3, -0.25) is 14.9 Å². The number of carbonyl (C=O) groups is 3. The number of ether oxygens (including phenoxy) is 1. The van der Waals surface area contributed by atoms with E-state index in [0.717, 1.165) is 22.3 Å². The molecule has 1 aliphatic carbocycles. The van der Waals surface area contributed by atoms with Crippen LogP contribution in [0.3, 0.4) is 0 Å². The van der Waals surface area contributed by atoms with E-state index in [1.807, 2.05) is 50.2 Å². The number of nitrogens with zero attached hydrogens (tertiary/aromatic N) is 1. The van der Waals surface area contributed by atoms with Gasteiger partial charge in [0.2, 0.25) is 5.76 Å². The molecule has 2 amide bonds. The number of aliphatic carboxylic acids is 1. The number of rotatable bonds is 5. The van der Waals surface area contributed by atoms with Crippen LogP contribution >= 0.6 is 0 Å². The van der Waals surface area contributed by atoms with Crippen LogP contribution in [0.25, 0.3) is 11.1 Å². The quantitative estimate of drug-likeness (QED) is 0.549. The predicted molar refractivity (Wildman–Crippen MR) is 128 cm³/mol. The molecule has 0 bridgehead atoms. The molecule has 2 aromatic carbocycles. The second kappa shape index (κ2) is 8.61. The number of hydrogen-bond donors (Lipinski definition) is 2. The highest BCUT2D eigenvalue weighted by Gasteiger charge is 2.46. The van der Waals surface area contributed by atoms with Crippen molar-refractivity contribution in [1.29, 1.82) is 0 Å². The Labute approximate surface area is 202 Å². The number of benzene rings is 2. The third-order valence-electron chi connectivity index (χ3n) is 6.97. The number of nitrogens with one attached hydrogen (secondary N) is 1. The zero-order chi connectivity index (χ0) is 24.7. The highest BCUT2D eigenvalue weighted by molar-refractivity contribution is 6.00. The number of hydrogen-bond acceptors (Lipinski definition) is 5. The first-order valence-corrected chi connectivity index (χ1v) is 11.5. The van der Waals surface area contributed by atoms with Crippen molar-refractivity contribution >= 4 is 23.7 Å². The van der Waals surface area contributed by atoms with Crippen LogP contribution in [0.5, 0.6) is 0 Å². The molecule has 0 radical (unpaired) electrons. The van der Waals surface area contributed by atoms with E-state index in [1.165, 1.54) is 17.2 Å². The average molecular weight is 475 g/mol. The van der Waals surface area contributed by atoms with Gasteiger partial charge in [-0.2, -0.15) is 0 Å². The van der Waals surface area contributed by atoms with Gasteiger partial charge in [0.1, 0.15) is 6.61 Å². The highest BCUT2D eigenvalue weighted by atomic mass is 16.5. The summed E-state index contributed by atoms with van der Waals surface area (Å²) in [6, 6.07) is 17.6. The Morgan fingerprint density at radius 1 is 1.06 bits per heavy atom. The first kappa shape index (κ1) is 22.7. The Morgan fingerprint density at radius 2 is 1.69 bits per heavy atom. The first-order chi connectivity index (χ1) is 16.8. The number of carbonyl (C=O) groups excluding carboxylic acids is 2. The van der Waals surface area contributed by atoms with Crippen LogP contribution in [0.1, 0.15) is 41.4 Å². The minimum atomic E-state index is -0.943. The van der Waals surface area contributed by atoms with E-state index in [1.54, 1.807) is 0 Å². The maximum Gasteiger partial charge on any atom is 0.411 e. The maximum atomic E-state index is 13.1. The van der Waals surface area contributed by atoms with Crippen molar-refractivity contribution in [3.8, 4) is 11.1 Å². The van der Waals surface area contributed by atoms with Crippen LogP contribution in [0.2, 0.25) is 0 Å². The van der Waals surface area contributed by atoms with Gasteiger partial charge in [0, 0.05) is 25.1 Å². The van der Waals surface area contributed by atoms with E-state index < -0.39 is 29.3 Å². The summed E-state index contributed by atoms with van der Waals surface area (Å²) in [6.45, 7) is 4.12. The number of anilines is 1. The van der Waals surface area contributed by atoms with E-state index in [2.05, 4.69) is 17.4 Å². The normalized spacial score (nSPS) is 18.1. The largest absolute Gasteiger partial charge is 0.481 e. The van der Waals surface area contributed by atoms with Crippen molar-refractivity contribution in [2.24, 2.45) is 11.3 Å². The Balaban J connectivity index is 1.26. The monoisotopic (exact) mass is 474 g/mol. The van der Waals surface area contributed by atoms with Gasteiger partial charge in [0.25, 0.3) is 5.91 Å². The zero-order valence-electron chi connectivity index (χ0n) is 19.5. The number of fused-ring (bicyclic) bond motifs is 3. The summed E-state index contributed by atoms with van der Waals surface area (Å²) in [6.07, 6.45) is 0.606. The van der Waals surface area contributed by atoms with E-state index in [-0.39, 0.29) is 37.1 Å². The molecule has 1 unspecified atom stereocenters. The van der Waals surface area contributed by atoms with Gasteiger partial charge in [-0.25, -0.2) is 4.79 Å². The van der Waals surface area contributed by atoms with Gasteiger partial charge < -0.3 is 19.2 Å². The van der Waals surface area contributed by atoms with Crippen LogP contribution in [-0.2, 0) is 9.53 Å². The molecule has 2 N–H and O–H groups in total. The third kappa shape index (κ3) is 4.05. The molecule has 8 nitrogen and oxygen atoms in total. The van der Waals surface area contributed by atoms with Crippen LogP contribution in [0, 0.1) is 11.3 Å². The van der Waals surface area contributed by atoms with Crippen molar-refractivity contribution < 1.29 is 28.6 Å². The molecule has 1 saturated heterocycles. The van der Waals surface area contributed by atoms with Crippen LogP contribution in [-0.4, -0.2) is 47.7 Å². The molecule has 35 heavy (non-hydrogen) atoms. The van der Waals surface area contributed by atoms with Gasteiger partial charge in [-0.1, -0.05) is 62.4 Å². The highest BCUT2D eigenvalue weighted by Crippen LogP contribution is 2.44. The lowest BCUT2D eigenvalue weighted by Crippen LogP contribution is -2.30. The van der Waals surface area contributed by atoms with E-state index in [0.29, 0.717) is 0 Å². The standard InChI is InChI=1S/C27H26N2O6/c1-27(2)15-29(13-21(27)25(31)32)24(30)23-22(11-12-34-23)28-26(33)35-14-20-18-9-5-3-7-16(18)17-8-4-6-10-19(17)20/h3-12,20-21H,13-15H2,1-2H3,(H,28,33)(H,31,32). The molecule has 2 heterocycles. The summed E-state index contributed by atoms with van der Waals surface area (Å²) < 4.78 is 10.9. The Kier molecular flexibility index (Phi) is 5.59. The Hall–Kier alpha value is -4.07. The first-order valence-electron chi connectivity index (χ1n) is 11.5. The second-order valence-electron chi connectivity index (χ2n) is 9.68. The summed E-state index contributed by atoms with van der Waals surface area (Å²) in [5.74, 6) is -2.24. The lowest BCUT2D eigenvalue weighted by atomic mass is 9.82. The molecule has 3 aromatic rings. The second-order valence-corrected chi connectivity index (χ2v) is 9.68. The van der Waals surface area contributed by atoms with Gasteiger partial charge in [-0.05, 0) is 27.7 Å². The minimum absolute atomic E-state index is 0.0552. The van der Waals surface area contributed by atoms with Gasteiger partial charge >= 0.3 is 12.1 Å². The molecular weight excluding hydrogens is 448 g/mol. The summed E-state index contributed by atoms with van der Waals surface area (Å²) in [7, 11) is 0. The zero-order valence-corrected chi connectivity index (χ0v) is 19.5. The SMILES string of the molecule is CC1(C)CN(C(=O)c2occc2NC(=O)OCC2c3ccccc3-c3ccccc32)CC1C(=O)O. The number of carboxylic acid groups (broad SMARTS) is 1. The van der Waals surface area contributed by atoms with Crippen molar-refractivity contribution in [2.45, 2.75) is 19.8 Å². The fourth-order valence-electron chi connectivity index (χ4n) is 5.16. The maximum absolute atomic E-state index is 13.1. The number of likely N-dealkylation sites (tertiary alicyclic amines) is 1. The fraction of sp³-hybridized carbons (Fsp3) is 0.296. The van der Waals surface area contributed by atoms with E-state index >= 15 is 0 Å². The molecule has 5 rings (SSSR count). The lowest BCUT2D eigenvalue weighted by Gasteiger charge is -2.21. The van der Waals surface area contributed by atoms with Crippen LogP contribution in [0.15, 0.2) is 65.3 Å². The molecule has 2 aliphatic rings.